The Labute approximate surface area is 79.0 Å². The summed E-state index contributed by atoms with van der Waals surface area (Å²) >= 11 is 2.10. The van der Waals surface area contributed by atoms with Crippen LogP contribution in [0.3, 0.4) is 0 Å². The van der Waals surface area contributed by atoms with Gasteiger partial charge in [-0.05, 0) is 24.6 Å². The van der Waals surface area contributed by atoms with Gasteiger partial charge in [0.2, 0.25) is 0 Å². The summed E-state index contributed by atoms with van der Waals surface area (Å²) in [5.74, 6) is 0.355. The fourth-order valence-electron chi connectivity index (χ4n) is 0.915. The summed E-state index contributed by atoms with van der Waals surface area (Å²) in [6.07, 6.45) is 0. The number of halogens is 1. The van der Waals surface area contributed by atoms with Crippen molar-refractivity contribution in [1.82, 2.24) is 0 Å². The molecule has 0 fully saturated rings. The Morgan fingerprint density at radius 1 is 1.27 bits per heavy atom. The van der Waals surface area contributed by atoms with Crippen molar-refractivity contribution in [2.75, 3.05) is 0 Å². The number of phenols is 2. The van der Waals surface area contributed by atoms with Crippen molar-refractivity contribution in [1.29, 1.82) is 0 Å². The molecule has 1 aromatic carbocycles. The van der Waals surface area contributed by atoms with Crippen LogP contribution >= 0.6 is 22.6 Å². The second kappa shape index (κ2) is 3.30. The molecule has 0 atom stereocenters. The molecule has 0 amide bonds. The van der Waals surface area contributed by atoms with E-state index in [1.807, 2.05) is 6.92 Å². The quantitative estimate of drug-likeness (QED) is 0.603. The van der Waals surface area contributed by atoms with Gasteiger partial charge in [0, 0.05) is 9.99 Å². The lowest BCUT2D eigenvalue weighted by Crippen LogP contribution is -1.82. The zero-order valence-corrected chi connectivity index (χ0v) is 8.29. The Morgan fingerprint density at radius 2 is 1.73 bits per heavy atom. The highest BCUT2D eigenvalue weighted by Gasteiger charge is 2.05. The second-order valence-corrected chi connectivity index (χ2v) is 3.18. The monoisotopic (exact) mass is 264 g/mol. The van der Waals surface area contributed by atoms with E-state index in [1.54, 1.807) is 12.1 Å². The molecule has 0 spiro atoms. The summed E-state index contributed by atoms with van der Waals surface area (Å²) in [5.41, 5.74) is 1.48. The van der Waals surface area contributed by atoms with Crippen molar-refractivity contribution in [3.8, 4) is 11.5 Å². The topological polar surface area (TPSA) is 40.5 Å². The third-order valence-electron chi connectivity index (χ3n) is 1.48. The molecule has 0 bridgehead atoms. The fourth-order valence-corrected chi connectivity index (χ4v) is 1.70. The minimum Gasteiger partial charge on any atom is -0.507 e. The molecular formula is C8H9IO2. The van der Waals surface area contributed by atoms with Gasteiger partial charge in [0.05, 0.1) is 0 Å². The zero-order chi connectivity index (χ0) is 8.43. The second-order valence-electron chi connectivity index (χ2n) is 2.42. The lowest BCUT2D eigenvalue weighted by Gasteiger charge is -2.04. The molecule has 11 heavy (non-hydrogen) atoms. The minimum atomic E-state index is 0.178. The highest BCUT2D eigenvalue weighted by molar-refractivity contribution is 14.1. The number of alkyl halides is 1. The Balaban J connectivity index is 3.25. The van der Waals surface area contributed by atoms with Crippen LogP contribution in [0.25, 0.3) is 0 Å². The smallest absolute Gasteiger partial charge is 0.123 e. The first kappa shape index (κ1) is 8.64. The van der Waals surface area contributed by atoms with Gasteiger partial charge in [0.15, 0.2) is 0 Å². The molecule has 0 aliphatic carbocycles. The van der Waals surface area contributed by atoms with E-state index >= 15 is 0 Å². The molecule has 1 rings (SSSR count). The van der Waals surface area contributed by atoms with Crippen LogP contribution in [-0.2, 0) is 4.43 Å². The Kier molecular flexibility index (Phi) is 2.59. The van der Waals surface area contributed by atoms with E-state index in [1.165, 1.54) is 0 Å². The first-order chi connectivity index (χ1) is 5.15. The molecule has 0 radical (unpaired) electrons. The van der Waals surface area contributed by atoms with E-state index in [9.17, 15) is 10.2 Å². The number of rotatable bonds is 1. The van der Waals surface area contributed by atoms with Gasteiger partial charge in [-0.15, -0.1) is 0 Å². The number of aromatic hydroxyl groups is 2. The zero-order valence-electron chi connectivity index (χ0n) is 6.13. The van der Waals surface area contributed by atoms with Crippen LogP contribution in [0.5, 0.6) is 11.5 Å². The lowest BCUT2D eigenvalue weighted by molar-refractivity contribution is 0.442. The van der Waals surface area contributed by atoms with Crippen LogP contribution in [0, 0.1) is 6.92 Å². The molecule has 0 saturated heterocycles. The Morgan fingerprint density at radius 3 is 2.09 bits per heavy atom. The summed E-state index contributed by atoms with van der Waals surface area (Å²) < 4.78 is 0.621. The van der Waals surface area contributed by atoms with E-state index in [0.717, 1.165) is 5.56 Å². The van der Waals surface area contributed by atoms with E-state index < -0.39 is 0 Å². The molecule has 3 heteroatoms. The van der Waals surface area contributed by atoms with E-state index in [4.69, 9.17) is 0 Å². The average molecular weight is 264 g/mol. The standard InChI is InChI=1S/C8H9IO2/c1-5-2-7(10)6(4-9)8(11)3-5/h2-3,10-11H,4H2,1H3. The van der Waals surface area contributed by atoms with Crippen molar-refractivity contribution in [2.24, 2.45) is 0 Å². The first-order valence-electron chi connectivity index (χ1n) is 3.22. The molecule has 0 saturated carbocycles. The highest BCUT2D eigenvalue weighted by Crippen LogP contribution is 2.30. The molecule has 0 unspecified atom stereocenters. The van der Waals surface area contributed by atoms with Gasteiger partial charge in [-0.25, -0.2) is 0 Å². The van der Waals surface area contributed by atoms with Gasteiger partial charge in [-0.1, -0.05) is 22.6 Å². The van der Waals surface area contributed by atoms with Gasteiger partial charge >= 0.3 is 0 Å². The van der Waals surface area contributed by atoms with Crippen LogP contribution in [0.2, 0.25) is 0 Å². The van der Waals surface area contributed by atoms with Gasteiger partial charge in [0.25, 0.3) is 0 Å². The van der Waals surface area contributed by atoms with Crippen LogP contribution in [0.1, 0.15) is 11.1 Å². The number of hydrogen-bond acceptors (Lipinski definition) is 2. The minimum absolute atomic E-state index is 0.178. The summed E-state index contributed by atoms with van der Waals surface area (Å²) in [6, 6.07) is 3.29. The number of benzene rings is 1. The normalized spacial score (nSPS) is 10.0. The van der Waals surface area contributed by atoms with Crippen LogP contribution < -0.4 is 0 Å². The van der Waals surface area contributed by atoms with Crippen LogP contribution in [0.4, 0.5) is 0 Å². The van der Waals surface area contributed by atoms with Gasteiger partial charge < -0.3 is 10.2 Å². The third kappa shape index (κ3) is 1.77. The van der Waals surface area contributed by atoms with Gasteiger partial charge in [-0.2, -0.15) is 0 Å². The molecule has 0 aromatic heterocycles. The number of hydrogen-bond donors (Lipinski definition) is 2. The van der Waals surface area contributed by atoms with E-state index in [0.29, 0.717) is 9.99 Å². The maximum Gasteiger partial charge on any atom is 0.123 e. The summed E-state index contributed by atoms with van der Waals surface area (Å²) in [5, 5.41) is 18.6. The predicted molar refractivity (Wildman–Crippen MR) is 52.2 cm³/mol. The van der Waals surface area contributed by atoms with Gasteiger partial charge in [0.1, 0.15) is 11.5 Å². The fraction of sp³-hybridized carbons (Fsp3) is 0.250. The number of aryl methyl sites for hydroxylation is 1. The molecule has 0 aliphatic heterocycles. The highest BCUT2D eigenvalue weighted by atomic mass is 127. The number of phenolic OH excluding ortho intramolecular Hbond substituents is 2. The van der Waals surface area contributed by atoms with Crippen molar-refractivity contribution >= 4 is 22.6 Å². The molecule has 0 heterocycles. The average Bonchev–Trinajstić information content (AvgIpc) is 1.85. The molecule has 1 aromatic rings. The maximum atomic E-state index is 9.31. The van der Waals surface area contributed by atoms with Crippen molar-refractivity contribution < 1.29 is 10.2 Å². The van der Waals surface area contributed by atoms with Crippen LogP contribution in [-0.4, -0.2) is 10.2 Å². The molecule has 2 nitrogen and oxygen atoms in total. The first-order valence-corrected chi connectivity index (χ1v) is 4.75. The maximum absolute atomic E-state index is 9.31. The Bertz CT molecular complexity index is 248. The summed E-state index contributed by atoms with van der Waals surface area (Å²) in [6.45, 7) is 1.83. The van der Waals surface area contributed by atoms with Crippen molar-refractivity contribution in [3.05, 3.63) is 23.3 Å². The largest absolute Gasteiger partial charge is 0.507 e. The SMILES string of the molecule is Cc1cc(O)c(CI)c(O)c1. The molecule has 60 valence electrons. The van der Waals surface area contributed by atoms with Crippen molar-refractivity contribution in [2.45, 2.75) is 11.4 Å². The van der Waals surface area contributed by atoms with Gasteiger partial charge in [-0.3, -0.25) is 0 Å². The third-order valence-corrected chi connectivity index (χ3v) is 2.24. The lowest BCUT2D eigenvalue weighted by atomic mass is 10.1. The Hall–Kier alpha value is -0.450. The van der Waals surface area contributed by atoms with Crippen molar-refractivity contribution in [3.63, 3.8) is 0 Å². The van der Waals surface area contributed by atoms with Crippen LogP contribution in [0.15, 0.2) is 12.1 Å². The predicted octanol–water partition coefficient (Wildman–Crippen LogP) is 2.34. The molecule has 0 aliphatic rings. The summed E-state index contributed by atoms with van der Waals surface area (Å²) in [7, 11) is 0. The summed E-state index contributed by atoms with van der Waals surface area (Å²) in [4.78, 5) is 0. The molecular weight excluding hydrogens is 255 g/mol. The van der Waals surface area contributed by atoms with E-state index in [-0.39, 0.29) is 11.5 Å². The molecule has 2 N–H and O–H groups in total. The van der Waals surface area contributed by atoms with E-state index in [2.05, 4.69) is 22.6 Å².